The van der Waals surface area contributed by atoms with E-state index in [0.717, 1.165) is 23.1 Å². The number of rotatable bonds is 3. The van der Waals surface area contributed by atoms with Crippen molar-refractivity contribution in [3.8, 4) is 0 Å². The molecule has 2 aromatic rings. The lowest BCUT2D eigenvalue weighted by Crippen LogP contribution is -2.47. The minimum atomic E-state index is -0.665. The second-order valence-electron chi connectivity index (χ2n) is 6.37. The Balaban J connectivity index is 1.77. The van der Waals surface area contributed by atoms with Gasteiger partial charge in [-0.05, 0) is 38.8 Å². The Hall–Kier alpha value is -1.94. The molecule has 0 amide bonds. The Kier molecular flexibility index (Phi) is 4.12. The average molecular weight is 298 g/mol. The zero-order valence-corrected chi connectivity index (χ0v) is 13.1. The number of para-hydroxylation sites is 1. The van der Waals surface area contributed by atoms with E-state index in [1.165, 1.54) is 0 Å². The summed E-state index contributed by atoms with van der Waals surface area (Å²) in [6.07, 6.45) is 1.43. The molecule has 1 aliphatic heterocycles. The fourth-order valence-electron chi connectivity index (χ4n) is 3.52. The minimum Gasteiger partial charge on any atom is -0.481 e. The van der Waals surface area contributed by atoms with Gasteiger partial charge in [-0.3, -0.25) is 14.7 Å². The maximum atomic E-state index is 11.2. The molecular formula is C18H22N2O2. The van der Waals surface area contributed by atoms with E-state index in [-0.39, 0.29) is 18.0 Å². The summed E-state index contributed by atoms with van der Waals surface area (Å²) < 4.78 is 0. The van der Waals surface area contributed by atoms with E-state index in [1.807, 2.05) is 18.2 Å². The molecule has 4 nitrogen and oxygen atoms in total. The molecular weight excluding hydrogens is 276 g/mol. The third kappa shape index (κ3) is 2.97. The van der Waals surface area contributed by atoms with E-state index in [2.05, 4.69) is 36.9 Å². The van der Waals surface area contributed by atoms with Gasteiger partial charge in [0.1, 0.15) is 0 Å². The predicted molar refractivity (Wildman–Crippen MR) is 86.6 cm³/mol. The highest BCUT2D eigenvalue weighted by Gasteiger charge is 2.34. The molecule has 1 aromatic heterocycles. The number of carboxylic acids is 1. The van der Waals surface area contributed by atoms with Crippen LogP contribution in [0.1, 0.15) is 32.4 Å². The molecule has 1 aromatic carbocycles. The molecule has 1 fully saturated rings. The number of benzene rings is 1. The van der Waals surface area contributed by atoms with Crippen molar-refractivity contribution in [3.05, 3.63) is 42.1 Å². The Labute approximate surface area is 130 Å². The summed E-state index contributed by atoms with van der Waals surface area (Å²) in [6.45, 7) is 5.01. The predicted octanol–water partition coefficient (Wildman–Crippen LogP) is 3.31. The van der Waals surface area contributed by atoms with Gasteiger partial charge in [-0.2, -0.15) is 0 Å². The number of likely N-dealkylation sites (tertiary alicyclic amines) is 1. The van der Waals surface area contributed by atoms with Gasteiger partial charge in [0.05, 0.1) is 17.1 Å². The lowest BCUT2D eigenvalue weighted by Gasteiger charge is -2.41. The minimum absolute atomic E-state index is 0.217. The number of carbonyl (C=O) groups is 1. The molecule has 2 unspecified atom stereocenters. The quantitative estimate of drug-likeness (QED) is 0.944. The smallest absolute Gasteiger partial charge is 0.306 e. The van der Waals surface area contributed by atoms with Gasteiger partial charge < -0.3 is 5.11 Å². The summed E-state index contributed by atoms with van der Waals surface area (Å²) in [5, 5.41) is 10.4. The van der Waals surface area contributed by atoms with Crippen molar-refractivity contribution in [1.82, 2.24) is 9.88 Å². The van der Waals surface area contributed by atoms with Gasteiger partial charge in [0.15, 0.2) is 0 Å². The van der Waals surface area contributed by atoms with E-state index < -0.39 is 5.97 Å². The number of piperidine rings is 1. The Morgan fingerprint density at radius 2 is 1.86 bits per heavy atom. The Bertz CT molecular complexity index is 674. The van der Waals surface area contributed by atoms with Crippen LogP contribution in [0.15, 0.2) is 36.4 Å². The third-order valence-electron chi connectivity index (χ3n) is 4.73. The van der Waals surface area contributed by atoms with E-state index in [0.29, 0.717) is 12.8 Å². The molecule has 1 saturated heterocycles. The number of aromatic nitrogens is 1. The van der Waals surface area contributed by atoms with Crippen LogP contribution in [-0.2, 0) is 11.3 Å². The van der Waals surface area contributed by atoms with Crippen molar-refractivity contribution in [2.24, 2.45) is 5.92 Å². The fourth-order valence-corrected chi connectivity index (χ4v) is 3.52. The largest absolute Gasteiger partial charge is 0.481 e. The summed E-state index contributed by atoms with van der Waals surface area (Å²) in [4.78, 5) is 18.3. The first kappa shape index (κ1) is 15.0. The van der Waals surface area contributed by atoms with E-state index in [1.54, 1.807) is 0 Å². The molecule has 2 atom stereocenters. The number of fused-ring (bicyclic) bond motifs is 1. The number of nitrogens with zero attached hydrogens (tertiary/aromatic N) is 2. The first-order valence-corrected chi connectivity index (χ1v) is 7.88. The van der Waals surface area contributed by atoms with Gasteiger partial charge in [0.25, 0.3) is 0 Å². The van der Waals surface area contributed by atoms with Gasteiger partial charge in [-0.25, -0.2) is 0 Å². The number of aliphatic carboxylic acids is 1. The highest BCUT2D eigenvalue weighted by molar-refractivity contribution is 5.78. The molecule has 0 spiro atoms. The molecule has 0 saturated carbocycles. The van der Waals surface area contributed by atoms with Crippen LogP contribution in [0.2, 0.25) is 0 Å². The van der Waals surface area contributed by atoms with E-state index in [4.69, 9.17) is 4.98 Å². The zero-order chi connectivity index (χ0) is 15.7. The van der Waals surface area contributed by atoms with Crippen LogP contribution >= 0.6 is 0 Å². The van der Waals surface area contributed by atoms with Crippen molar-refractivity contribution < 1.29 is 9.90 Å². The lowest BCUT2D eigenvalue weighted by molar-refractivity contribution is -0.145. The summed E-state index contributed by atoms with van der Waals surface area (Å²) >= 11 is 0. The van der Waals surface area contributed by atoms with Gasteiger partial charge in [0, 0.05) is 24.0 Å². The molecule has 3 rings (SSSR count). The molecule has 1 aliphatic rings. The molecule has 116 valence electrons. The Morgan fingerprint density at radius 1 is 1.18 bits per heavy atom. The van der Waals surface area contributed by atoms with Gasteiger partial charge in [-0.1, -0.05) is 24.3 Å². The van der Waals surface area contributed by atoms with Crippen molar-refractivity contribution in [2.75, 3.05) is 0 Å². The van der Waals surface area contributed by atoms with Gasteiger partial charge in [-0.15, -0.1) is 0 Å². The third-order valence-corrected chi connectivity index (χ3v) is 4.73. The summed E-state index contributed by atoms with van der Waals surface area (Å²) in [5.74, 6) is -0.881. The first-order valence-electron chi connectivity index (χ1n) is 7.88. The topological polar surface area (TPSA) is 53.4 Å². The maximum absolute atomic E-state index is 11.2. The second-order valence-corrected chi connectivity index (χ2v) is 6.37. The summed E-state index contributed by atoms with van der Waals surface area (Å²) in [6, 6.07) is 12.8. The van der Waals surface area contributed by atoms with Gasteiger partial charge >= 0.3 is 5.97 Å². The van der Waals surface area contributed by atoms with Crippen LogP contribution in [-0.4, -0.2) is 33.0 Å². The van der Waals surface area contributed by atoms with E-state index in [9.17, 15) is 9.90 Å². The molecule has 1 N–H and O–H groups in total. The van der Waals surface area contributed by atoms with Crippen molar-refractivity contribution >= 4 is 16.9 Å². The monoisotopic (exact) mass is 298 g/mol. The standard InChI is InChI=1S/C18H22N2O2/c1-12-9-15(18(21)22)10-13(2)20(12)11-16-8-7-14-5-3-4-6-17(14)19-16/h3-8,12-13,15H,9-11H2,1-2H3,(H,21,22). The molecule has 0 bridgehead atoms. The maximum Gasteiger partial charge on any atom is 0.306 e. The van der Waals surface area contributed by atoms with Crippen LogP contribution in [0.4, 0.5) is 0 Å². The van der Waals surface area contributed by atoms with E-state index >= 15 is 0 Å². The van der Waals surface area contributed by atoms with Crippen LogP contribution in [0.25, 0.3) is 10.9 Å². The first-order chi connectivity index (χ1) is 10.5. The molecule has 22 heavy (non-hydrogen) atoms. The fraction of sp³-hybridized carbons (Fsp3) is 0.444. The summed E-state index contributed by atoms with van der Waals surface area (Å²) in [5.41, 5.74) is 2.06. The average Bonchev–Trinajstić information content (AvgIpc) is 2.50. The van der Waals surface area contributed by atoms with Crippen LogP contribution < -0.4 is 0 Å². The molecule has 0 aliphatic carbocycles. The molecule has 2 heterocycles. The van der Waals surface area contributed by atoms with Crippen molar-refractivity contribution in [3.63, 3.8) is 0 Å². The van der Waals surface area contributed by atoms with Crippen LogP contribution in [0, 0.1) is 5.92 Å². The number of pyridine rings is 1. The summed E-state index contributed by atoms with van der Waals surface area (Å²) in [7, 11) is 0. The van der Waals surface area contributed by atoms with Crippen LogP contribution in [0.5, 0.6) is 0 Å². The molecule has 0 radical (unpaired) electrons. The molecule has 4 heteroatoms. The van der Waals surface area contributed by atoms with Crippen molar-refractivity contribution in [2.45, 2.75) is 45.3 Å². The number of hydrogen-bond donors (Lipinski definition) is 1. The zero-order valence-electron chi connectivity index (χ0n) is 13.1. The SMILES string of the molecule is CC1CC(C(=O)O)CC(C)N1Cc1ccc2ccccc2n1. The van der Waals surface area contributed by atoms with Crippen LogP contribution in [0.3, 0.4) is 0 Å². The number of carboxylic acid groups (broad SMARTS) is 1. The normalized spacial score (nSPS) is 26.2. The Morgan fingerprint density at radius 3 is 2.55 bits per heavy atom. The van der Waals surface area contributed by atoms with Gasteiger partial charge in [0.2, 0.25) is 0 Å². The second kappa shape index (κ2) is 6.05. The van der Waals surface area contributed by atoms with Crippen molar-refractivity contribution in [1.29, 1.82) is 0 Å². The lowest BCUT2D eigenvalue weighted by atomic mass is 9.87. The highest BCUT2D eigenvalue weighted by Crippen LogP contribution is 2.29. The highest BCUT2D eigenvalue weighted by atomic mass is 16.4. The number of hydrogen-bond acceptors (Lipinski definition) is 3.